The van der Waals surface area contributed by atoms with E-state index >= 15 is 0 Å². The molecule has 1 heterocycles. The molecule has 1 aliphatic rings. The van der Waals surface area contributed by atoms with Gasteiger partial charge in [-0.3, -0.25) is 9.59 Å². The number of H-pyrrole nitrogens is 1. The molecule has 0 radical (unpaired) electrons. The summed E-state index contributed by atoms with van der Waals surface area (Å²) in [7, 11) is 2.04. The molecule has 1 amide bonds. The van der Waals surface area contributed by atoms with Crippen LogP contribution in [0.4, 0.5) is 5.69 Å². The van der Waals surface area contributed by atoms with Crippen molar-refractivity contribution >= 4 is 39.1 Å². The summed E-state index contributed by atoms with van der Waals surface area (Å²) in [5, 5.41) is 3.37. The molecule has 7 heteroatoms. The van der Waals surface area contributed by atoms with Crippen molar-refractivity contribution in [3.05, 3.63) is 60.4 Å². The van der Waals surface area contributed by atoms with E-state index in [0.717, 1.165) is 34.3 Å². The Morgan fingerprint density at radius 2 is 1.96 bits per heavy atom. The minimum absolute atomic E-state index is 0.160. The number of carbonyl (C=O) groups excluding carboxylic acids is 1. The number of amides is 1. The zero-order valence-electron chi connectivity index (χ0n) is 16.4. The summed E-state index contributed by atoms with van der Waals surface area (Å²) in [5.41, 5.74) is 3.41. The minimum atomic E-state index is -0.269. The van der Waals surface area contributed by atoms with Crippen LogP contribution in [0.15, 0.2) is 27.5 Å². The number of pyridine rings is 1. The van der Waals surface area contributed by atoms with Crippen molar-refractivity contribution in [1.29, 1.82) is 0 Å². The van der Waals surface area contributed by atoms with Crippen molar-refractivity contribution in [2.45, 2.75) is 52.1 Å². The molecule has 5 nitrogen and oxygen atoms in total. The first kappa shape index (κ1) is 20.9. The highest BCUT2D eigenvalue weighted by molar-refractivity contribution is 9.10. The number of carbonyl (C=O) groups is 1. The van der Waals surface area contributed by atoms with Crippen LogP contribution < -0.4 is 15.8 Å². The number of aromatic amines is 1. The SMILES string of the molecule is Cc1cc(C)c(CNC(=O)c2cc(Cl)cc(N(C)C3CCCC3)c2Br)c(=O)[nH]1. The van der Waals surface area contributed by atoms with Gasteiger partial charge in [-0.05, 0) is 66.4 Å². The van der Waals surface area contributed by atoms with Crippen molar-refractivity contribution in [2.24, 2.45) is 0 Å². The lowest BCUT2D eigenvalue weighted by Gasteiger charge is -2.28. The fourth-order valence-corrected chi connectivity index (χ4v) is 4.75. The second-order valence-corrected chi connectivity index (χ2v) is 8.69. The molecule has 0 spiro atoms. The van der Waals surface area contributed by atoms with E-state index in [9.17, 15) is 9.59 Å². The van der Waals surface area contributed by atoms with Gasteiger partial charge in [-0.25, -0.2) is 0 Å². The predicted octanol–water partition coefficient (Wildman–Crippen LogP) is 4.72. The van der Waals surface area contributed by atoms with Gasteiger partial charge < -0.3 is 15.2 Å². The van der Waals surface area contributed by atoms with Crippen molar-refractivity contribution in [3.63, 3.8) is 0 Å². The van der Waals surface area contributed by atoms with Crippen LogP contribution in [-0.4, -0.2) is 24.0 Å². The van der Waals surface area contributed by atoms with Gasteiger partial charge in [0.2, 0.25) is 0 Å². The zero-order valence-corrected chi connectivity index (χ0v) is 18.7. The van der Waals surface area contributed by atoms with Gasteiger partial charge in [0, 0.05) is 35.9 Å². The third-order valence-electron chi connectivity index (χ3n) is 5.43. The van der Waals surface area contributed by atoms with Crippen LogP contribution in [0.3, 0.4) is 0 Å². The van der Waals surface area contributed by atoms with E-state index in [4.69, 9.17) is 11.6 Å². The molecule has 1 aliphatic carbocycles. The molecule has 1 saturated carbocycles. The molecule has 0 unspecified atom stereocenters. The van der Waals surface area contributed by atoms with E-state index in [1.807, 2.05) is 33.0 Å². The summed E-state index contributed by atoms with van der Waals surface area (Å²) in [6, 6.07) is 5.89. The number of nitrogens with zero attached hydrogens (tertiary/aromatic N) is 1. The molecule has 2 N–H and O–H groups in total. The Kier molecular flexibility index (Phi) is 6.50. The third kappa shape index (κ3) is 4.44. The first-order valence-electron chi connectivity index (χ1n) is 9.47. The standard InChI is InChI=1S/C21H25BrClN3O2/c1-12-8-13(2)25-21(28)17(12)11-24-20(27)16-9-14(23)10-18(19(16)22)26(3)15-6-4-5-7-15/h8-10,15H,4-7,11H2,1-3H3,(H,24,27)(H,25,28). The molecular weight excluding hydrogens is 442 g/mol. The molecule has 150 valence electrons. The van der Waals surface area contributed by atoms with Crippen molar-refractivity contribution in [2.75, 3.05) is 11.9 Å². The molecule has 0 saturated heterocycles. The van der Waals surface area contributed by atoms with Gasteiger partial charge in [-0.1, -0.05) is 24.4 Å². The van der Waals surface area contributed by atoms with E-state index in [0.29, 0.717) is 22.2 Å². The number of hydrogen-bond acceptors (Lipinski definition) is 3. The number of hydrogen-bond donors (Lipinski definition) is 2. The molecular formula is C21H25BrClN3O2. The number of aromatic nitrogens is 1. The first-order valence-corrected chi connectivity index (χ1v) is 10.6. The van der Waals surface area contributed by atoms with E-state index < -0.39 is 0 Å². The Morgan fingerprint density at radius 3 is 2.61 bits per heavy atom. The van der Waals surface area contributed by atoms with Crippen LogP contribution in [0.2, 0.25) is 5.02 Å². The predicted molar refractivity (Wildman–Crippen MR) is 118 cm³/mol. The molecule has 28 heavy (non-hydrogen) atoms. The maximum absolute atomic E-state index is 12.8. The lowest BCUT2D eigenvalue weighted by molar-refractivity contribution is 0.0950. The zero-order chi connectivity index (χ0) is 20.4. The van der Waals surface area contributed by atoms with E-state index in [2.05, 4.69) is 31.1 Å². The summed E-state index contributed by atoms with van der Waals surface area (Å²) in [6.45, 7) is 3.86. The number of nitrogens with one attached hydrogen (secondary N) is 2. The number of aryl methyl sites for hydroxylation is 2. The van der Waals surface area contributed by atoms with Gasteiger partial charge in [0.05, 0.1) is 15.7 Å². The maximum atomic E-state index is 12.8. The van der Waals surface area contributed by atoms with Crippen LogP contribution in [0.25, 0.3) is 0 Å². The Labute approximate surface area is 178 Å². The van der Waals surface area contributed by atoms with Gasteiger partial charge in [0.15, 0.2) is 0 Å². The second-order valence-electron chi connectivity index (χ2n) is 7.46. The van der Waals surface area contributed by atoms with Gasteiger partial charge in [0.1, 0.15) is 0 Å². The molecule has 0 aliphatic heterocycles. The number of halogens is 2. The van der Waals surface area contributed by atoms with E-state index in [1.165, 1.54) is 12.8 Å². The topological polar surface area (TPSA) is 65.2 Å². The first-order chi connectivity index (χ1) is 13.3. The quantitative estimate of drug-likeness (QED) is 0.670. The van der Waals surface area contributed by atoms with Gasteiger partial charge in [0.25, 0.3) is 11.5 Å². The molecule has 0 bridgehead atoms. The van der Waals surface area contributed by atoms with Crippen LogP contribution >= 0.6 is 27.5 Å². The average Bonchev–Trinajstić information content (AvgIpc) is 3.16. The Hall–Kier alpha value is -1.79. The Morgan fingerprint density at radius 1 is 1.29 bits per heavy atom. The third-order valence-corrected chi connectivity index (χ3v) is 6.49. The van der Waals surface area contributed by atoms with Crippen LogP contribution in [0.5, 0.6) is 0 Å². The smallest absolute Gasteiger partial charge is 0.253 e. The van der Waals surface area contributed by atoms with Gasteiger partial charge >= 0.3 is 0 Å². The van der Waals surface area contributed by atoms with Gasteiger partial charge in [-0.2, -0.15) is 0 Å². The second kappa shape index (κ2) is 8.70. The van der Waals surface area contributed by atoms with Crippen LogP contribution in [0, 0.1) is 13.8 Å². The van der Waals surface area contributed by atoms with Crippen LogP contribution in [0.1, 0.15) is 52.9 Å². The molecule has 2 aromatic rings. The monoisotopic (exact) mass is 465 g/mol. The molecule has 3 rings (SSSR count). The minimum Gasteiger partial charge on any atom is -0.371 e. The summed E-state index contributed by atoms with van der Waals surface area (Å²) >= 11 is 9.92. The normalized spacial score (nSPS) is 14.3. The highest BCUT2D eigenvalue weighted by atomic mass is 79.9. The fraction of sp³-hybridized carbons (Fsp3) is 0.429. The Balaban J connectivity index is 1.83. The highest BCUT2D eigenvalue weighted by Gasteiger charge is 2.24. The molecule has 1 aromatic carbocycles. The van der Waals surface area contributed by atoms with E-state index in [1.54, 1.807) is 6.07 Å². The summed E-state index contributed by atoms with van der Waals surface area (Å²) in [4.78, 5) is 30.0. The summed E-state index contributed by atoms with van der Waals surface area (Å²) in [5.74, 6) is -0.269. The summed E-state index contributed by atoms with van der Waals surface area (Å²) < 4.78 is 0.721. The number of rotatable bonds is 5. The molecule has 0 atom stereocenters. The average molecular weight is 467 g/mol. The molecule has 1 aromatic heterocycles. The maximum Gasteiger partial charge on any atom is 0.253 e. The summed E-state index contributed by atoms with van der Waals surface area (Å²) in [6.07, 6.45) is 4.74. The Bertz CT molecular complexity index is 951. The van der Waals surface area contributed by atoms with Crippen molar-refractivity contribution in [1.82, 2.24) is 10.3 Å². The van der Waals surface area contributed by atoms with Crippen molar-refractivity contribution < 1.29 is 4.79 Å². The molecule has 1 fully saturated rings. The van der Waals surface area contributed by atoms with E-state index in [-0.39, 0.29) is 18.0 Å². The van der Waals surface area contributed by atoms with Crippen LogP contribution in [-0.2, 0) is 6.54 Å². The van der Waals surface area contributed by atoms with Gasteiger partial charge in [-0.15, -0.1) is 0 Å². The van der Waals surface area contributed by atoms with Crippen molar-refractivity contribution in [3.8, 4) is 0 Å². The fourth-order valence-electron chi connectivity index (χ4n) is 3.85. The highest BCUT2D eigenvalue weighted by Crippen LogP contribution is 2.36. The largest absolute Gasteiger partial charge is 0.371 e. The lowest BCUT2D eigenvalue weighted by atomic mass is 10.1. The number of anilines is 1. The number of benzene rings is 1. The lowest BCUT2D eigenvalue weighted by Crippen LogP contribution is -2.31.